The molecule has 5 heteroatoms. The van der Waals surface area contributed by atoms with Crippen LogP contribution in [0.4, 0.5) is 0 Å². The van der Waals surface area contributed by atoms with Gasteiger partial charge < -0.3 is 16.3 Å². The second-order valence-electron chi connectivity index (χ2n) is 5.60. The fraction of sp³-hybridized carbons (Fsp3) is 0.533. The summed E-state index contributed by atoms with van der Waals surface area (Å²) in [5.41, 5.74) is 7.70. The van der Waals surface area contributed by atoms with Crippen molar-refractivity contribution in [3.8, 4) is 0 Å². The Morgan fingerprint density at radius 1 is 1.50 bits per heavy atom. The topological polar surface area (TPSA) is 70.6 Å². The van der Waals surface area contributed by atoms with Crippen molar-refractivity contribution in [3.63, 3.8) is 0 Å². The van der Waals surface area contributed by atoms with Crippen molar-refractivity contribution in [1.82, 2.24) is 5.32 Å². The fourth-order valence-corrected chi connectivity index (χ4v) is 2.95. The molecule has 1 aliphatic carbocycles. The normalized spacial score (nSPS) is 17.8. The molecule has 110 valence electrons. The van der Waals surface area contributed by atoms with E-state index in [1.807, 2.05) is 12.1 Å². The van der Waals surface area contributed by atoms with Gasteiger partial charge in [-0.2, -0.15) is 0 Å². The molecule has 0 aliphatic heterocycles. The average molecular weight is 296 g/mol. The van der Waals surface area contributed by atoms with E-state index in [2.05, 4.69) is 17.4 Å². The molecule has 0 radical (unpaired) electrons. The second kappa shape index (κ2) is 6.46. The van der Waals surface area contributed by atoms with Crippen LogP contribution in [0.5, 0.6) is 0 Å². The van der Waals surface area contributed by atoms with Crippen LogP contribution in [-0.4, -0.2) is 17.6 Å². The third-order valence-corrected chi connectivity index (χ3v) is 4.79. The molecular formula is C15H22ClN3O. The maximum atomic E-state index is 8.65. The summed E-state index contributed by atoms with van der Waals surface area (Å²) >= 11 is 6.23. The number of nitrogens with zero attached hydrogens (tertiary/aromatic N) is 1. The predicted molar refractivity (Wildman–Crippen MR) is 82.2 cm³/mol. The van der Waals surface area contributed by atoms with Crippen LogP contribution in [0.1, 0.15) is 43.7 Å². The Labute approximate surface area is 125 Å². The van der Waals surface area contributed by atoms with Gasteiger partial charge in [-0.15, -0.1) is 0 Å². The molecule has 1 fully saturated rings. The Morgan fingerprint density at radius 3 is 2.75 bits per heavy atom. The van der Waals surface area contributed by atoms with E-state index < -0.39 is 0 Å². The first-order valence-corrected chi connectivity index (χ1v) is 7.45. The second-order valence-corrected chi connectivity index (χ2v) is 6.01. The standard InChI is InChI=1S/C15H22ClN3O/c1-2-15(6-3-7-15)10-18-9-12-5-4-11(8-13(12)16)14(17)19-20/h4-5,8,18,20H,2-3,6-7,9-10H2,1H3,(H2,17,19). The van der Waals surface area contributed by atoms with E-state index in [0.29, 0.717) is 16.0 Å². The molecule has 0 heterocycles. The molecule has 0 bridgehead atoms. The van der Waals surface area contributed by atoms with E-state index in [9.17, 15) is 0 Å². The van der Waals surface area contributed by atoms with Gasteiger partial charge in [0.25, 0.3) is 0 Å². The molecule has 4 N–H and O–H groups in total. The quantitative estimate of drug-likeness (QED) is 0.327. The Morgan fingerprint density at radius 2 is 2.25 bits per heavy atom. The molecule has 1 aromatic carbocycles. The highest BCUT2D eigenvalue weighted by Crippen LogP contribution is 2.43. The Hall–Kier alpha value is -1.26. The van der Waals surface area contributed by atoms with Crippen LogP contribution >= 0.6 is 11.6 Å². The molecule has 0 amide bonds. The van der Waals surface area contributed by atoms with Crippen LogP contribution in [0.15, 0.2) is 23.4 Å². The average Bonchev–Trinajstić information content (AvgIpc) is 2.42. The SMILES string of the molecule is CCC1(CNCc2ccc(/C(N)=N/O)cc2Cl)CCC1. The number of rotatable bonds is 6. The number of hydrogen-bond acceptors (Lipinski definition) is 3. The van der Waals surface area contributed by atoms with Crippen LogP contribution in [0, 0.1) is 5.41 Å². The summed E-state index contributed by atoms with van der Waals surface area (Å²) in [6, 6.07) is 5.46. The first kappa shape index (κ1) is 15.1. The van der Waals surface area contributed by atoms with E-state index in [1.165, 1.54) is 25.7 Å². The number of amidine groups is 1. The minimum absolute atomic E-state index is 0.0748. The Bertz CT molecular complexity index is 492. The van der Waals surface area contributed by atoms with Gasteiger partial charge in [0.15, 0.2) is 5.84 Å². The number of nitrogens with two attached hydrogens (primary N) is 1. The van der Waals surface area contributed by atoms with Crippen molar-refractivity contribution in [2.75, 3.05) is 6.54 Å². The van der Waals surface area contributed by atoms with Gasteiger partial charge in [0.2, 0.25) is 0 Å². The summed E-state index contributed by atoms with van der Waals surface area (Å²) in [4.78, 5) is 0. The van der Waals surface area contributed by atoms with Crippen LogP contribution < -0.4 is 11.1 Å². The maximum absolute atomic E-state index is 8.65. The maximum Gasteiger partial charge on any atom is 0.170 e. The van der Waals surface area contributed by atoms with Crippen molar-refractivity contribution in [1.29, 1.82) is 0 Å². The lowest BCUT2D eigenvalue weighted by molar-refractivity contribution is 0.124. The van der Waals surface area contributed by atoms with Gasteiger partial charge in [0, 0.05) is 23.7 Å². The van der Waals surface area contributed by atoms with Crippen LogP contribution in [0.25, 0.3) is 0 Å². The summed E-state index contributed by atoms with van der Waals surface area (Å²) < 4.78 is 0. The van der Waals surface area contributed by atoms with E-state index in [4.69, 9.17) is 22.5 Å². The third-order valence-electron chi connectivity index (χ3n) is 4.44. The van der Waals surface area contributed by atoms with Gasteiger partial charge in [-0.1, -0.05) is 42.2 Å². The van der Waals surface area contributed by atoms with E-state index in [-0.39, 0.29) is 5.84 Å². The minimum atomic E-state index is 0.0748. The highest BCUT2D eigenvalue weighted by Gasteiger charge is 2.34. The smallest absolute Gasteiger partial charge is 0.170 e. The Balaban J connectivity index is 1.93. The summed E-state index contributed by atoms with van der Waals surface area (Å²) in [5, 5.41) is 15.8. The molecule has 0 saturated heterocycles. The lowest BCUT2D eigenvalue weighted by atomic mass is 9.67. The molecular weight excluding hydrogens is 274 g/mol. The van der Waals surface area contributed by atoms with Crippen LogP contribution in [-0.2, 0) is 6.54 Å². The zero-order valence-corrected chi connectivity index (χ0v) is 12.6. The zero-order chi connectivity index (χ0) is 14.6. The van der Waals surface area contributed by atoms with Gasteiger partial charge in [-0.3, -0.25) is 0 Å². The van der Waals surface area contributed by atoms with Gasteiger partial charge in [0.05, 0.1) is 0 Å². The monoisotopic (exact) mass is 295 g/mol. The van der Waals surface area contributed by atoms with Crippen molar-refractivity contribution >= 4 is 17.4 Å². The zero-order valence-electron chi connectivity index (χ0n) is 11.8. The first-order chi connectivity index (χ1) is 9.60. The highest BCUT2D eigenvalue weighted by atomic mass is 35.5. The number of hydrogen-bond donors (Lipinski definition) is 3. The summed E-state index contributed by atoms with van der Waals surface area (Å²) in [6.45, 7) is 4.05. The molecule has 1 saturated carbocycles. The van der Waals surface area contributed by atoms with Crippen molar-refractivity contribution in [2.45, 2.75) is 39.2 Å². The van der Waals surface area contributed by atoms with E-state index >= 15 is 0 Å². The van der Waals surface area contributed by atoms with E-state index in [1.54, 1.807) is 6.07 Å². The summed E-state index contributed by atoms with van der Waals surface area (Å²) in [7, 11) is 0. The van der Waals surface area contributed by atoms with Crippen molar-refractivity contribution in [2.24, 2.45) is 16.3 Å². The molecule has 2 rings (SSSR count). The summed E-state index contributed by atoms with van der Waals surface area (Å²) in [5.74, 6) is 0.0748. The van der Waals surface area contributed by atoms with E-state index in [0.717, 1.165) is 18.7 Å². The fourth-order valence-electron chi connectivity index (χ4n) is 2.70. The van der Waals surface area contributed by atoms with Crippen molar-refractivity contribution < 1.29 is 5.21 Å². The molecule has 1 aliphatic rings. The number of nitrogens with one attached hydrogen (secondary N) is 1. The van der Waals surface area contributed by atoms with Gasteiger partial charge in [-0.25, -0.2) is 0 Å². The lowest BCUT2D eigenvalue weighted by Crippen LogP contribution is -2.39. The van der Waals surface area contributed by atoms with Gasteiger partial charge in [-0.05, 0) is 36.3 Å². The number of oxime groups is 1. The number of benzene rings is 1. The first-order valence-electron chi connectivity index (χ1n) is 7.07. The molecule has 0 spiro atoms. The molecule has 20 heavy (non-hydrogen) atoms. The predicted octanol–water partition coefficient (Wildman–Crippen LogP) is 3.10. The summed E-state index contributed by atoms with van der Waals surface area (Å²) in [6.07, 6.45) is 5.24. The minimum Gasteiger partial charge on any atom is -0.409 e. The van der Waals surface area contributed by atoms with Gasteiger partial charge in [0.1, 0.15) is 0 Å². The third kappa shape index (κ3) is 3.25. The number of halogens is 1. The largest absolute Gasteiger partial charge is 0.409 e. The Kier molecular flexibility index (Phi) is 4.89. The van der Waals surface area contributed by atoms with Crippen LogP contribution in [0.3, 0.4) is 0 Å². The molecule has 0 atom stereocenters. The van der Waals surface area contributed by atoms with Gasteiger partial charge >= 0.3 is 0 Å². The molecule has 0 unspecified atom stereocenters. The molecule has 1 aromatic rings. The molecule has 0 aromatic heterocycles. The highest BCUT2D eigenvalue weighted by molar-refractivity contribution is 6.31. The van der Waals surface area contributed by atoms with Crippen LogP contribution in [0.2, 0.25) is 5.02 Å². The van der Waals surface area contributed by atoms with Crippen molar-refractivity contribution in [3.05, 3.63) is 34.3 Å². The lowest BCUT2D eigenvalue weighted by Gasteiger charge is -2.41. The molecule has 4 nitrogen and oxygen atoms in total.